The van der Waals surface area contributed by atoms with E-state index in [-0.39, 0.29) is 5.78 Å². The van der Waals surface area contributed by atoms with Crippen molar-refractivity contribution in [3.05, 3.63) is 29.8 Å². The van der Waals surface area contributed by atoms with E-state index >= 15 is 0 Å². The van der Waals surface area contributed by atoms with E-state index in [0.717, 1.165) is 0 Å². The number of carbonyl (C=O) groups is 1. The fourth-order valence-electron chi connectivity index (χ4n) is 1.48. The molecular weight excluding hydrogens is 220 g/mol. The normalized spacial score (nSPS) is 10.4. The van der Waals surface area contributed by atoms with Crippen LogP contribution in [0.2, 0.25) is 0 Å². The van der Waals surface area contributed by atoms with Crippen molar-refractivity contribution in [3.63, 3.8) is 0 Å². The molecule has 0 heterocycles. The third kappa shape index (κ3) is 2.78. The third-order valence-electron chi connectivity index (χ3n) is 2.28. The van der Waals surface area contributed by atoms with E-state index in [4.69, 9.17) is 14.2 Å². The molecular formula is C13H16O4. The molecule has 0 aliphatic heterocycles. The van der Waals surface area contributed by atoms with Crippen LogP contribution < -0.4 is 14.2 Å². The molecule has 1 aromatic carbocycles. The van der Waals surface area contributed by atoms with Crippen molar-refractivity contribution >= 4 is 5.78 Å². The van der Waals surface area contributed by atoms with Crippen LogP contribution >= 0.6 is 0 Å². The first-order valence-corrected chi connectivity index (χ1v) is 5.15. The maximum atomic E-state index is 11.9. The van der Waals surface area contributed by atoms with Gasteiger partial charge in [0.1, 0.15) is 22.8 Å². The fourth-order valence-corrected chi connectivity index (χ4v) is 1.48. The summed E-state index contributed by atoms with van der Waals surface area (Å²) >= 11 is 0. The summed E-state index contributed by atoms with van der Waals surface area (Å²) in [5, 5.41) is 0. The van der Waals surface area contributed by atoms with Crippen molar-refractivity contribution in [1.82, 2.24) is 0 Å². The first kappa shape index (κ1) is 13.1. The van der Waals surface area contributed by atoms with E-state index < -0.39 is 0 Å². The van der Waals surface area contributed by atoms with E-state index in [1.165, 1.54) is 20.3 Å². The molecule has 0 unspecified atom stereocenters. The van der Waals surface area contributed by atoms with Gasteiger partial charge in [0.2, 0.25) is 0 Å². The molecule has 4 heteroatoms. The quantitative estimate of drug-likeness (QED) is 0.582. The molecule has 0 bridgehead atoms. The van der Waals surface area contributed by atoms with Gasteiger partial charge in [0.15, 0.2) is 5.78 Å². The molecule has 0 spiro atoms. The Kier molecular flexibility index (Phi) is 4.57. The highest BCUT2D eigenvalue weighted by molar-refractivity contribution is 6.08. The van der Waals surface area contributed by atoms with Gasteiger partial charge in [-0.05, 0) is 13.0 Å². The third-order valence-corrected chi connectivity index (χ3v) is 2.28. The predicted molar refractivity (Wildman–Crippen MR) is 65.2 cm³/mol. The number of rotatable bonds is 5. The lowest BCUT2D eigenvalue weighted by Crippen LogP contribution is -2.03. The van der Waals surface area contributed by atoms with Gasteiger partial charge in [0, 0.05) is 12.1 Å². The minimum Gasteiger partial charge on any atom is -0.496 e. The Balaban J connectivity index is 3.39. The summed E-state index contributed by atoms with van der Waals surface area (Å²) in [6.07, 6.45) is 3.14. The minimum absolute atomic E-state index is 0.163. The molecule has 0 aliphatic rings. The Labute approximate surface area is 101 Å². The predicted octanol–water partition coefficient (Wildman–Crippen LogP) is 2.47. The van der Waals surface area contributed by atoms with Crippen LogP contribution in [0.3, 0.4) is 0 Å². The molecule has 0 saturated heterocycles. The van der Waals surface area contributed by atoms with Crippen molar-refractivity contribution in [3.8, 4) is 17.2 Å². The van der Waals surface area contributed by atoms with Gasteiger partial charge in [0.25, 0.3) is 0 Å². The van der Waals surface area contributed by atoms with Crippen LogP contribution in [-0.2, 0) is 0 Å². The highest BCUT2D eigenvalue weighted by atomic mass is 16.5. The summed E-state index contributed by atoms with van der Waals surface area (Å²) in [5.41, 5.74) is 0.397. The van der Waals surface area contributed by atoms with Gasteiger partial charge in [-0.2, -0.15) is 0 Å². The zero-order chi connectivity index (χ0) is 12.8. The maximum absolute atomic E-state index is 11.9. The lowest BCUT2D eigenvalue weighted by atomic mass is 10.1. The van der Waals surface area contributed by atoms with Crippen molar-refractivity contribution in [2.45, 2.75) is 6.92 Å². The maximum Gasteiger partial charge on any atom is 0.192 e. The van der Waals surface area contributed by atoms with Gasteiger partial charge in [-0.3, -0.25) is 4.79 Å². The Hall–Kier alpha value is -1.97. The molecule has 0 aromatic heterocycles. The number of ether oxygens (including phenoxy) is 3. The highest BCUT2D eigenvalue weighted by Gasteiger charge is 2.18. The van der Waals surface area contributed by atoms with E-state index in [9.17, 15) is 4.79 Å². The number of hydrogen-bond donors (Lipinski definition) is 0. The molecule has 0 N–H and O–H groups in total. The fraction of sp³-hybridized carbons (Fsp3) is 0.308. The first-order valence-electron chi connectivity index (χ1n) is 5.15. The van der Waals surface area contributed by atoms with Crippen molar-refractivity contribution in [2.75, 3.05) is 21.3 Å². The summed E-state index contributed by atoms with van der Waals surface area (Å²) in [5.74, 6) is 1.29. The van der Waals surface area contributed by atoms with Gasteiger partial charge < -0.3 is 14.2 Å². The van der Waals surface area contributed by atoms with Crippen LogP contribution in [-0.4, -0.2) is 27.1 Å². The zero-order valence-corrected chi connectivity index (χ0v) is 10.4. The van der Waals surface area contributed by atoms with Gasteiger partial charge in [-0.25, -0.2) is 0 Å². The Bertz CT molecular complexity index is 410. The molecule has 92 valence electrons. The van der Waals surface area contributed by atoms with E-state index in [1.807, 2.05) is 0 Å². The second kappa shape index (κ2) is 5.94. The molecule has 1 rings (SSSR count). The zero-order valence-electron chi connectivity index (χ0n) is 10.4. The summed E-state index contributed by atoms with van der Waals surface area (Å²) in [6.45, 7) is 1.78. The molecule has 0 amide bonds. The lowest BCUT2D eigenvalue weighted by Gasteiger charge is -2.12. The molecule has 1 aromatic rings. The van der Waals surface area contributed by atoms with Crippen LogP contribution in [0.4, 0.5) is 0 Å². The van der Waals surface area contributed by atoms with Crippen molar-refractivity contribution in [2.24, 2.45) is 0 Å². The van der Waals surface area contributed by atoms with Crippen LogP contribution in [0.1, 0.15) is 17.3 Å². The molecule has 0 atom stereocenters. The van der Waals surface area contributed by atoms with E-state index in [2.05, 4.69) is 0 Å². The number of methoxy groups -OCH3 is 3. The number of allylic oxidation sites excluding steroid dienone is 2. The Morgan fingerprint density at radius 2 is 1.59 bits per heavy atom. The standard InChI is InChI=1S/C13H16O4/c1-5-6-10(14)13-11(16-3)7-9(15-2)8-12(13)17-4/h5-8H,1-4H3/b6-5-. The Morgan fingerprint density at radius 1 is 1.06 bits per heavy atom. The molecule has 0 fully saturated rings. The lowest BCUT2D eigenvalue weighted by molar-refractivity contribution is 0.104. The van der Waals surface area contributed by atoms with Crippen molar-refractivity contribution < 1.29 is 19.0 Å². The van der Waals surface area contributed by atoms with Gasteiger partial charge in [-0.15, -0.1) is 0 Å². The van der Waals surface area contributed by atoms with Crippen molar-refractivity contribution in [1.29, 1.82) is 0 Å². The van der Waals surface area contributed by atoms with Gasteiger partial charge in [0.05, 0.1) is 21.3 Å². The average Bonchev–Trinajstić information content (AvgIpc) is 2.37. The van der Waals surface area contributed by atoms with Gasteiger partial charge >= 0.3 is 0 Å². The topological polar surface area (TPSA) is 44.8 Å². The highest BCUT2D eigenvalue weighted by Crippen LogP contribution is 2.34. The number of benzene rings is 1. The SMILES string of the molecule is C/C=C\C(=O)c1c(OC)cc(OC)cc1OC. The van der Waals surface area contributed by atoms with Crippen LogP contribution in [0.15, 0.2) is 24.3 Å². The second-order valence-electron chi connectivity index (χ2n) is 3.27. The number of carbonyl (C=O) groups excluding carboxylic acids is 1. The van der Waals surface area contributed by atoms with Crippen LogP contribution in [0.5, 0.6) is 17.2 Å². The Morgan fingerprint density at radius 3 is 1.94 bits per heavy atom. The van der Waals surface area contributed by atoms with Crippen LogP contribution in [0.25, 0.3) is 0 Å². The van der Waals surface area contributed by atoms with Crippen LogP contribution in [0, 0.1) is 0 Å². The monoisotopic (exact) mass is 236 g/mol. The number of hydrogen-bond acceptors (Lipinski definition) is 4. The first-order chi connectivity index (χ1) is 8.17. The molecule has 17 heavy (non-hydrogen) atoms. The molecule has 0 saturated carbocycles. The summed E-state index contributed by atoms with van der Waals surface area (Å²) in [4.78, 5) is 11.9. The van der Waals surface area contributed by atoms with E-state index in [1.54, 1.807) is 32.2 Å². The van der Waals surface area contributed by atoms with Gasteiger partial charge in [-0.1, -0.05) is 6.08 Å². The molecule has 0 radical (unpaired) electrons. The largest absolute Gasteiger partial charge is 0.496 e. The number of ketones is 1. The molecule has 4 nitrogen and oxygen atoms in total. The minimum atomic E-state index is -0.163. The second-order valence-corrected chi connectivity index (χ2v) is 3.27. The van der Waals surface area contributed by atoms with E-state index in [0.29, 0.717) is 22.8 Å². The molecule has 0 aliphatic carbocycles. The summed E-state index contributed by atoms with van der Waals surface area (Å²) < 4.78 is 15.5. The smallest absolute Gasteiger partial charge is 0.192 e. The summed E-state index contributed by atoms with van der Waals surface area (Å²) in [6, 6.07) is 3.30. The summed E-state index contributed by atoms with van der Waals surface area (Å²) in [7, 11) is 4.54. The average molecular weight is 236 g/mol.